The third kappa shape index (κ3) is 1.97. The molecule has 0 amide bonds. The van der Waals surface area contributed by atoms with Gasteiger partial charge >= 0.3 is 0 Å². The standard InChI is InChI=1S/C9H11N5O2/c10-8(11)14-9(12)13-5-2-1-3-6-7(5)16-4-15-6/h1-3H,4H2,(H6,10,11,12,13,14). The number of benzene rings is 1. The molecule has 7 nitrogen and oxygen atoms in total. The molecule has 1 heterocycles. The summed E-state index contributed by atoms with van der Waals surface area (Å²) in [6.07, 6.45) is 0. The Bertz CT molecular complexity index is 446. The van der Waals surface area contributed by atoms with Gasteiger partial charge in [-0.25, -0.2) is 0 Å². The third-order valence-electron chi connectivity index (χ3n) is 1.92. The van der Waals surface area contributed by atoms with Crippen LogP contribution >= 0.6 is 0 Å². The number of fused-ring (bicyclic) bond motifs is 1. The van der Waals surface area contributed by atoms with Gasteiger partial charge in [0.05, 0.1) is 5.69 Å². The van der Waals surface area contributed by atoms with Crippen molar-refractivity contribution < 1.29 is 9.47 Å². The average molecular weight is 221 g/mol. The number of guanidine groups is 2. The molecule has 1 aromatic carbocycles. The van der Waals surface area contributed by atoms with Gasteiger partial charge in [0, 0.05) is 0 Å². The normalized spacial score (nSPS) is 12.0. The molecular weight excluding hydrogens is 210 g/mol. The van der Waals surface area contributed by atoms with E-state index >= 15 is 0 Å². The number of hydrogen-bond acceptors (Lipinski definition) is 4. The van der Waals surface area contributed by atoms with Gasteiger partial charge in [0.1, 0.15) is 0 Å². The topological polar surface area (TPSA) is 116 Å². The molecule has 0 atom stereocenters. The summed E-state index contributed by atoms with van der Waals surface area (Å²) < 4.78 is 10.4. The summed E-state index contributed by atoms with van der Waals surface area (Å²) in [6, 6.07) is 5.29. The summed E-state index contributed by atoms with van der Waals surface area (Å²) in [6.45, 7) is 0.168. The van der Waals surface area contributed by atoms with E-state index in [2.05, 4.69) is 10.6 Å². The van der Waals surface area contributed by atoms with E-state index in [4.69, 9.17) is 26.0 Å². The lowest BCUT2D eigenvalue weighted by molar-refractivity contribution is 0.174. The van der Waals surface area contributed by atoms with Gasteiger partial charge in [-0.1, -0.05) is 6.07 Å². The second-order valence-corrected chi connectivity index (χ2v) is 3.08. The van der Waals surface area contributed by atoms with E-state index in [0.717, 1.165) is 0 Å². The van der Waals surface area contributed by atoms with E-state index in [1.807, 2.05) is 0 Å². The zero-order valence-corrected chi connectivity index (χ0v) is 8.33. The van der Waals surface area contributed by atoms with Gasteiger partial charge < -0.3 is 20.5 Å². The third-order valence-corrected chi connectivity index (χ3v) is 1.92. The van der Waals surface area contributed by atoms with Gasteiger partial charge in [-0.15, -0.1) is 0 Å². The lowest BCUT2D eigenvalue weighted by Crippen LogP contribution is -2.39. The number of nitrogens with one attached hydrogen (secondary N) is 4. The zero-order chi connectivity index (χ0) is 11.5. The molecule has 1 aliphatic rings. The number of nitrogens with two attached hydrogens (primary N) is 1. The molecule has 0 unspecified atom stereocenters. The minimum absolute atomic E-state index is 0.101. The van der Waals surface area contributed by atoms with Crippen molar-refractivity contribution in [2.24, 2.45) is 5.73 Å². The Kier molecular flexibility index (Phi) is 2.50. The first-order valence-electron chi connectivity index (χ1n) is 4.52. The summed E-state index contributed by atoms with van der Waals surface area (Å²) >= 11 is 0. The van der Waals surface area contributed by atoms with E-state index < -0.39 is 0 Å². The molecular formula is C9H11N5O2. The minimum atomic E-state index is -0.303. The maximum atomic E-state index is 7.48. The van der Waals surface area contributed by atoms with Crippen molar-refractivity contribution in [1.29, 1.82) is 10.8 Å². The molecule has 0 bridgehead atoms. The molecule has 0 aliphatic carbocycles. The van der Waals surface area contributed by atoms with Gasteiger partial charge in [0.2, 0.25) is 6.79 Å². The van der Waals surface area contributed by atoms with Crippen molar-refractivity contribution in [2.75, 3.05) is 12.1 Å². The minimum Gasteiger partial charge on any atom is -0.454 e. The molecule has 0 saturated carbocycles. The van der Waals surface area contributed by atoms with Crippen LogP contribution in [-0.2, 0) is 0 Å². The molecule has 6 N–H and O–H groups in total. The van der Waals surface area contributed by atoms with E-state index in [1.165, 1.54) is 0 Å². The van der Waals surface area contributed by atoms with Crippen molar-refractivity contribution in [3.05, 3.63) is 18.2 Å². The van der Waals surface area contributed by atoms with Crippen molar-refractivity contribution in [3.63, 3.8) is 0 Å². The first kappa shape index (κ1) is 10.1. The van der Waals surface area contributed by atoms with Crippen LogP contribution in [0, 0.1) is 10.8 Å². The summed E-state index contributed by atoms with van der Waals surface area (Å²) in [4.78, 5) is 0. The van der Waals surface area contributed by atoms with E-state index in [-0.39, 0.29) is 18.7 Å². The zero-order valence-electron chi connectivity index (χ0n) is 8.33. The first-order chi connectivity index (χ1) is 7.66. The molecule has 0 spiro atoms. The summed E-state index contributed by atoms with van der Waals surface area (Å²) in [5.41, 5.74) is 5.69. The van der Waals surface area contributed by atoms with Gasteiger partial charge in [0.25, 0.3) is 0 Å². The predicted molar refractivity (Wildman–Crippen MR) is 59.0 cm³/mol. The van der Waals surface area contributed by atoms with E-state index in [0.29, 0.717) is 17.2 Å². The Morgan fingerprint density at radius 2 is 2.12 bits per heavy atom. The molecule has 0 radical (unpaired) electrons. The summed E-state index contributed by atoms with van der Waals surface area (Å²) in [5, 5.41) is 19.5. The molecule has 1 aliphatic heterocycles. The molecule has 0 fully saturated rings. The Morgan fingerprint density at radius 3 is 2.88 bits per heavy atom. The first-order valence-corrected chi connectivity index (χ1v) is 4.52. The van der Waals surface area contributed by atoms with Crippen molar-refractivity contribution in [3.8, 4) is 11.5 Å². The Labute approximate surface area is 91.6 Å². The highest BCUT2D eigenvalue weighted by atomic mass is 16.7. The number of ether oxygens (including phenoxy) is 2. The Hall–Kier alpha value is -2.44. The summed E-state index contributed by atoms with van der Waals surface area (Å²) in [5.74, 6) is 0.775. The van der Waals surface area contributed by atoms with Crippen molar-refractivity contribution >= 4 is 17.6 Å². The monoisotopic (exact) mass is 221 g/mol. The second-order valence-electron chi connectivity index (χ2n) is 3.08. The Balaban J connectivity index is 2.13. The van der Waals surface area contributed by atoms with E-state index in [1.54, 1.807) is 18.2 Å². The highest BCUT2D eigenvalue weighted by Crippen LogP contribution is 2.38. The van der Waals surface area contributed by atoms with Crippen LogP contribution in [0.1, 0.15) is 0 Å². The second kappa shape index (κ2) is 3.97. The molecule has 84 valence electrons. The smallest absolute Gasteiger partial charge is 0.231 e. The average Bonchev–Trinajstić information content (AvgIpc) is 2.65. The molecule has 0 saturated heterocycles. The SMILES string of the molecule is N=C(N)NC(=N)Nc1cccc2c1OCO2. The lowest BCUT2D eigenvalue weighted by atomic mass is 10.2. The van der Waals surface area contributed by atoms with Crippen molar-refractivity contribution in [1.82, 2.24) is 5.32 Å². The number of rotatable bonds is 1. The fourth-order valence-corrected chi connectivity index (χ4v) is 1.33. The molecule has 0 aromatic heterocycles. The lowest BCUT2D eigenvalue weighted by Gasteiger charge is -2.10. The fraction of sp³-hybridized carbons (Fsp3) is 0.111. The quantitative estimate of drug-likeness (QED) is 0.344. The summed E-state index contributed by atoms with van der Waals surface area (Å²) in [7, 11) is 0. The van der Waals surface area contributed by atoms with Crippen LogP contribution in [0.2, 0.25) is 0 Å². The molecule has 1 aromatic rings. The highest BCUT2D eigenvalue weighted by molar-refractivity contribution is 6.03. The van der Waals surface area contributed by atoms with Gasteiger partial charge in [-0.05, 0) is 12.1 Å². The molecule has 16 heavy (non-hydrogen) atoms. The van der Waals surface area contributed by atoms with Gasteiger partial charge in [0.15, 0.2) is 23.4 Å². The maximum absolute atomic E-state index is 7.48. The van der Waals surface area contributed by atoms with Gasteiger partial charge in [-0.2, -0.15) is 0 Å². The van der Waals surface area contributed by atoms with E-state index in [9.17, 15) is 0 Å². The number of anilines is 1. The van der Waals surface area contributed by atoms with Crippen LogP contribution in [0.25, 0.3) is 0 Å². The Morgan fingerprint density at radius 1 is 1.31 bits per heavy atom. The predicted octanol–water partition coefficient (Wildman–Crippen LogP) is 0.245. The van der Waals surface area contributed by atoms with Crippen LogP contribution in [0.15, 0.2) is 18.2 Å². The van der Waals surface area contributed by atoms with Crippen LogP contribution < -0.4 is 25.8 Å². The number of hydrogen-bond donors (Lipinski definition) is 5. The van der Waals surface area contributed by atoms with Crippen LogP contribution in [0.3, 0.4) is 0 Å². The number of para-hydroxylation sites is 1. The fourth-order valence-electron chi connectivity index (χ4n) is 1.33. The molecule has 2 rings (SSSR count). The van der Waals surface area contributed by atoms with Gasteiger partial charge in [-0.3, -0.25) is 16.1 Å². The molecule has 7 heteroatoms. The maximum Gasteiger partial charge on any atom is 0.231 e. The van der Waals surface area contributed by atoms with Crippen molar-refractivity contribution in [2.45, 2.75) is 0 Å². The largest absolute Gasteiger partial charge is 0.454 e. The van der Waals surface area contributed by atoms with Crippen LogP contribution in [0.4, 0.5) is 5.69 Å². The van der Waals surface area contributed by atoms with Crippen LogP contribution in [-0.4, -0.2) is 18.7 Å². The van der Waals surface area contributed by atoms with Crippen LogP contribution in [0.5, 0.6) is 11.5 Å². The highest BCUT2D eigenvalue weighted by Gasteiger charge is 2.17.